The van der Waals surface area contributed by atoms with Gasteiger partial charge in [-0.3, -0.25) is 5.32 Å². The number of rotatable bonds is 6. The van der Waals surface area contributed by atoms with Crippen molar-refractivity contribution in [2.75, 3.05) is 13.1 Å². The second-order valence-corrected chi connectivity index (χ2v) is 4.78. The highest BCUT2D eigenvalue weighted by molar-refractivity contribution is 5.72. The minimum atomic E-state index is -0.448. The first-order valence-electron chi connectivity index (χ1n) is 7.60. The normalized spacial score (nSPS) is 15.3. The Bertz CT molecular complexity index is 490. The zero-order chi connectivity index (χ0) is 17.7. The highest BCUT2D eigenvalue weighted by atomic mass is 16.6. The molecule has 0 aromatic carbocycles. The van der Waals surface area contributed by atoms with Crippen LogP contribution in [0.1, 0.15) is 21.2 Å². The van der Waals surface area contributed by atoms with Crippen molar-refractivity contribution in [1.82, 2.24) is 10.6 Å². The number of allylic oxidation sites excluding steroid dienone is 5. The highest BCUT2D eigenvalue weighted by Crippen LogP contribution is 2.16. The Labute approximate surface area is 141 Å². The molecule has 128 valence electrons. The summed E-state index contributed by atoms with van der Waals surface area (Å²) in [6, 6.07) is 0. The van der Waals surface area contributed by atoms with E-state index in [0.717, 1.165) is 25.9 Å². The summed E-state index contributed by atoms with van der Waals surface area (Å²) in [6.07, 6.45) is 8.21. The van der Waals surface area contributed by atoms with Crippen LogP contribution in [0.15, 0.2) is 74.0 Å². The summed E-state index contributed by atoms with van der Waals surface area (Å²) in [6.45, 7) is 21.0. The van der Waals surface area contributed by atoms with Crippen LogP contribution in [-0.2, 0) is 4.74 Å². The zero-order valence-electron chi connectivity index (χ0n) is 14.1. The predicted octanol–water partition coefficient (Wildman–Crippen LogP) is 4.27. The zero-order valence-corrected chi connectivity index (χ0v) is 14.1. The molecule has 1 aliphatic heterocycles. The Kier molecular flexibility index (Phi) is 11.0. The average molecular weight is 318 g/mol. The van der Waals surface area contributed by atoms with E-state index >= 15 is 0 Å². The van der Waals surface area contributed by atoms with Gasteiger partial charge in [0.25, 0.3) is 0 Å². The third-order valence-corrected chi connectivity index (χ3v) is 3.23. The van der Waals surface area contributed by atoms with E-state index < -0.39 is 6.09 Å². The highest BCUT2D eigenvalue weighted by Gasteiger charge is 2.18. The molecular weight excluding hydrogens is 288 g/mol. The molecule has 4 heteroatoms. The molecular formula is C19H30N2O2. The van der Waals surface area contributed by atoms with Crippen LogP contribution in [0.5, 0.6) is 0 Å². The van der Waals surface area contributed by atoms with Crippen LogP contribution < -0.4 is 10.6 Å². The van der Waals surface area contributed by atoms with E-state index in [4.69, 9.17) is 4.74 Å². The second kappa shape index (κ2) is 12.2. The van der Waals surface area contributed by atoms with Gasteiger partial charge in [-0.05, 0) is 44.0 Å². The van der Waals surface area contributed by atoms with Crippen molar-refractivity contribution in [2.45, 2.75) is 25.9 Å². The van der Waals surface area contributed by atoms with Gasteiger partial charge in [0.1, 0.15) is 6.10 Å². The van der Waals surface area contributed by atoms with Gasteiger partial charge < -0.3 is 10.1 Å². The molecule has 1 saturated heterocycles. The minimum absolute atomic E-state index is 0. The third-order valence-electron chi connectivity index (χ3n) is 3.23. The summed E-state index contributed by atoms with van der Waals surface area (Å²) in [5.74, 6) is 0. The summed E-state index contributed by atoms with van der Waals surface area (Å²) >= 11 is 0. The van der Waals surface area contributed by atoms with Crippen LogP contribution in [0, 0.1) is 0 Å². The van der Waals surface area contributed by atoms with Crippen LogP contribution in [-0.4, -0.2) is 25.3 Å². The fraction of sp³-hybridized carbons (Fsp3) is 0.316. The molecule has 2 N–H and O–H groups in total. The molecule has 1 aliphatic rings. The molecule has 0 unspecified atom stereocenters. The Hall–Kier alpha value is -2.33. The monoisotopic (exact) mass is 318 g/mol. The molecule has 1 fully saturated rings. The van der Waals surface area contributed by atoms with Crippen molar-refractivity contribution < 1.29 is 11.0 Å². The molecule has 0 bridgehead atoms. The first-order valence-corrected chi connectivity index (χ1v) is 7.60. The lowest BCUT2D eigenvalue weighted by atomic mass is 10.1. The molecule has 1 rings (SSSR count). The van der Waals surface area contributed by atoms with E-state index in [1.165, 1.54) is 0 Å². The molecule has 4 nitrogen and oxygen atoms in total. The van der Waals surface area contributed by atoms with Gasteiger partial charge in [0.15, 0.2) is 0 Å². The van der Waals surface area contributed by atoms with E-state index in [-0.39, 0.29) is 7.53 Å². The fourth-order valence-corrected chi connectivity index (χ4v) is 1.98. The third kappa shape index (κ3) is 8.02. The number of piperidine rings is 1. The number of nitrogens with one attached hydrogen (secondary N) is 2. The van der Waals surface area contributed by atoms with Crippen LogP contribution >= 0.6 is 0 Å². The van der Waals surface area contributed by atoms with Gasteiger partial charge in [-0.1, -0.05) is 44.0 Å². The largest absolute Gasteiger partial charge is 0.446 e. The smallest absolute Gasteiger partial charge is 0.411 e. The summed E-state index contributed by atoms with van der Waals surface area (Å²) in [7, 11) is 0. The van der Waals surface area contributed by atoms with Gasteiger partial charge in [-0.2, -0.15) is 0 Å². The number of carbonyl (C=O) groups is 1. The van der Waals surface area contributed by atoms with Gasteiger partial charge in [-0.15, -0.1) is 13.2 Å². The summed E-state index contributed by atoms with van der Waals surface area (Å²) in [5, 5.41) is 5.96. The maximum atomic E-state index is 11.9. The van der Waals surface area contributed by atoms with E-state index in [9.17, 15) is 4.79 Å². The Morgan fingerprint density at radius 1 is 1.30 bits per heavy atom. The molecule has 0 saturated carbocycles. The molecule has 1 amide bonds. The number of hydrogen-bond acceptors (Lipinski definition) is 3. The first kappa shape index (κ1) is 20.7. The van der Waals surface area contributed by atoms with Crippen molar-refractivity contribution in [1.29, 1.82) is 0 Å². The molecule has 23 heavy (non-hydrogen) atoms. The summed E-state index contributed by atoms with van der Waals surface area (Å²) < 4.78 is 5.40. The van der Waals surface area contributed by atoms with Crippen molar-refractivity contribution >= 4 is 6.09 Å². The molecule has 0 radical (unpaired) electrons. The lowest BCUT2D eigenvalue weighted by Gasteiger charge is -2.23. The standard InChI is InChI=1S/C17H24N2O2.C2H4.H2/c1-5-7-8-13(3)14(4)16(6-2)19-17(20)21-15-9-11-18-12-10-15;1-2;/h5-8,15,18H,1,3-4,9-12H2,2H3,(H,19,20);1-2H2;1H/b8-7-,16-6+;;. The molecule has 1 heterocycles. The number of carbonyl (C=O) groups excluding carboxylic acids is 1. The van der Waals surface area contributed by atoms with E-state index in [0.29, 0.717) is 16.8 Å². The van der Waals surface area contributed by atoms with E-state index in [1.807, 2.05) is 6.92 Å². The second-order valence-electron chi connectivity index (χ2n) is 4.78. The van der Waals surface area contributed by atoms with Gasteiger partial charge in [0, 0.05) is 7.12 Å². The molecule has 0 atom stereocenters. The number of amides is 1. The van der Waals surface area contributed by atoms with Crippen molar-refractivity contribution in [3.8, 4) is 0 Å². The van der Waals surface area contributed by atoms with Crippen molar-refractivity contribution in [2.24, 2.45) is 0 Å². The van der Waals surface area contributed by atoms with Gasteiger partial charge >= 0.3 is 6.09 Å². The van der Waals surface area contributed by atoms with Crippen molar-refractivity contribution in [3.63, 3.8) is 0 Å². The first-order chi connectivity index (χ1) is 11.1. The maximum absolute atomic E-state index is 11.9. The van der Waals surface area contributed by atoms with Crippen molar-refractivity contribution in [3.05, 3.63) is 74.0 Å². The number of alkyl carbamates (subject to hydrolysis) is 1. The minimum Gasteiger partial charge on any atom is -0.446 e. The van der Waals surface area contributed by atoms with Gasteiger partial charge in [-0.25, -0.2) is 4.79 Å². The average Bonchev–Trinajstić information content (AvgIpc) is 2.59. The topological polar surface area (TPSA) is 50.4 Å². The van der Waals surface area contributed by atoms with Crippen LogP contribution in [0.4, 0.5) is 4.79 Å². The lowest BCUT2D eigenvalue weighted by molar-refractivity contribution is 0.0816. The number of ether oxygens (including phenoxy) is 1. The molecule has 0 aliphatic carbocycles. The Balaban J connectivity index is 0. The van der Waals surface area contributed by atoms with Crippen LogP contribution in [0.25, 0.3) is 0 Å². The fourth-order valence-electron chi connectivity index (χ4n) is 1.98. The molecule has 0 aromatic heterocycles. The van der Waals surface area contributed by atoms with E-state index in [2.05, 4.69) is 43.5 Å². The number of hydrogen-bond donors (Lipinski definition) is 2. The van der Waals surface area contributed by atoms with Crippen LogP contribution in [0.3, 0.4) is 0 Å². The van der Waals surface area contributed by atoms with E-state index in [1.54, 1.807) is 24.3 Å². The summed E-state index contributed by atoms with van der Waals surface area (Å²) in [4.78, 5) is 11.9. The summed E-state index contributed by atoms with van der Waals surface area (Å²) in [5.41, 5.74) is 1.97. The lowest BCUT2D eigenvalue weighted by Crippen LogP contribution is -2.36. The van der Waals surface area contributed by atoms with Gasteiger partial charge in [0.05, 0.1) is 0 Å². The van der Waals surface area contributed by atoms with Gasteiger partial charge in [0.2, 0.25) is 0 Å². The van der Waals surface area contributed by atoms with Crippen LogP contribution in [0.2, 0.25) is 0 Å². The molecule has 0 aromatic rings. The Morgan fingerprint density at radius 2 is 1.91 bits per heavy atom. The predicted molar refractivity (Wildman–Crippen MR) is 100 cm³/mol. The Morgan fingerprint density at radius 3 is 2.43 bits per heavy atom. The molecule has 0 spiro atoms. The quantitative estimate of drug-likeness (QED) is 0.568. The SMILES string of the molecule is C=C.C=C/C=C\C(=C)C(=C)/C(=C\C)NC(=O)OC1CCNCC1.[HH]. The maximum Gasteiger partial charge on any atom is 0.411 e.